The van der Waals surface area contributed by atoms with Crippen molar-refractivity contribution in [3.63, 3.8) is 0 Å². The van der Waals surface area contributed by atoms with Crippen LogP contribution in [0.5, 0.6) is 0 Å². The van der Waals surface area contributed by atoms with Gasteiger partial charge in [0.25, 0.3) is 9.70 Å². The Morgan fingerprint density at radius 1 is 1.38 bits per heavy atom. The number of rotatable bonds is 2. The van der Waals surface area contributed by atoms with Gasteiger partial charge in [-0.3, -0.25) is 4.79 Å². The third kappa shape index (κ3) is 4.09. The molecule has 1 aliphatic heterocycles. The van der Waals surface area contributed by atoms with E-state index < -0.39 is 9.70 Å². The first-order chi connectivity index (χ1) is 9.79. The summed E-state index contributed by atoms with van der Waals surface area (Å²) in [4.78, 5) is 14.1. The molecule has 4 nitrogen and oxygen atoms in total. The highest BCUT2D eigenvalue weighted by molar-refractivity contribution is 6.76. The van der Waals surface area contributed by atoms with Crippen molar-refractivity contribution in [3.05, 3.63) is 18.2 Å². The summed E-state index contributed by atoms with van der Waals surface area (Å²) < 4.78 is -2.00. The van der Waals surface area contributed by atoms with E-state index in [0.29, 0.717) is 17.4 Å². The number of halogens is 3. The fourth-order valence-electron chi connectivity index (χ4n) is 2.55. The number of piperidine rings is 1. The van der Waals surface area contributed by atoms with Crippen molar-refractivity contribution >= 4 is 57.8 Å². The van der Waals surface area contributed by atoms with Gasteiger partial charge in [0.1, 0.15) is 0 Å². The Hall–Kier alpha value is -0.840. The molecule has 1 amide bonds. The lowest BCUT2D eigenvalue weighted by atomic mass is 10.0. The van der Waals surface area contributed by atoms with Crippen molar-refractivity contribution in [2.45, 2.75) is 36.0 Å². The number of alkyl halides is 3. The van der Waals surface area contributed by atoms with Crippen molar-refractivity contribution in [1.29, 1.82) is 0 Å². The average molecular weight is 351 g/mol. The van der Waals surface area contributed by atoms with Gasteiger partial charge < -0.3 is 16.0 Å². The number of nitrogens with one attached hydrogen (secondary N) is 1. The van der Waals surface area contributed by atoms with E-state index >= 15 is 0 Å². The molecule has 7 heteroatoms. The van der Waals surface area contributed by atoms with Crippen LogP contribution < -0.4 is 16.0 Å². The summed E-state index contributed by atoms with van der Waals surface area (Å²) >= 11 is 16.8. The van der Waals surface area contributed by atoms with Crippen molar-refractivity contribution in [3.8, 4) is 0 Å². The van der Waals surface area contributed by atoms with Gasteiger partial charge in [-0.05, 0) is 44.4 Å². The Kier molecular flexibility index (Phi) is 5.12. The molecule has 0 aromatic heterocycles. The van der Waals surface area contributed by atoms with Gasteiger partial charge in [-0.25, -0.2) is 0 Å². The molecule has 0 radical (unpaired) electrons. The molecule has 1 aliphatic rings. The second-order valence-electron chi connectivity index (χ2n) is 5.27. The minimum absolute atomic E-state index is 0.394. The summed E-state index contributed by atoms with van der Waals surface area (Å²) in [7, 11) is 0. The zero-order chi connectivity index (χ0) is 15.6. The Morgan fingerprint density at radius 3 is 2.71 bits per heavy atom. The zero-order valence-corrected chi connectivity index (χ0v) is 14.0. The number of nitrogen functional groups attached to an aromatic ring is 1. The normalized spacial score (nSPS) is 19.4. The molecule has 1 heterocycles. The minimum Gasteiger partial charge on any atom is -0.399 e. The molecule has 1 aromatic rings. The molecule has 21 heavy (non-hydrogen) atoms. The SMILES string of the molecule is CC1CCCCN1c1ccc(N)cc1NC(=O)C(Cl)(Cl)Cl. The number of hydrogen-bond acceptors (Lipinski definition) is 3. The molecule has 1 atom stereocenters. The molecule has 2 rings (SSSR count). The smallest absolute Gasteiger partial charge is 0.276 e. The van der Waals surface area contributed by atoms with E-state index in [-0.39, 0.29) is 0 Å². The Labute approximate surface area is 139 Å². The van der Waals surface area contributed by atoms with E-state index in [2.05, 4.69) is 17.1 Å². The number of amides is 1. The number of anilines is 3. The summed E-state index contributed by atoms with van der Waals surface area (Å²) in [5, 5.41) is 2.65. The van der Waals surface area contributed by atoms with Crippen LogP contribution in [0.2, 0.25) is 0 Å². The lowest BCUT2D eigenvalue weighted by molar-refractivity contribution is -0.115. The van der Waals surface area contributed by atoms with Gasteiger partial charge in [-0.2, -0.15) is 0 Å². The molecule has 1 fully saturated rings. The van der Waals surface area contributed by atoms with Crippen molar-refractivity contribution in [1.82, 2.24) is 0 Å². The Balaban J connectivity index is 2.31. The molecular formula is C14H18Cl3N3O. The number of nitrogens with zero attached hydrogens (tertiary/aromatic N) is 1. The van der Waals surface area contributed by atoms with Gasteiger partial charge in [0.15, 0.2) is 0 Å². The van der Waals surface area contributed by atoms with Crippen LogP contribution in [0.4, 0.5) is 17.1 Å². The van der Waals surface area contributed by atoms with Crippen LogP contribution >= 0.6 is 34.8 Å². The molecule has 1 saturated heterocycles. The second-order valence-corrected chi connectivity index (χ2v) is 7.55. The molecule has 0 bridgehead atoms. The molecular weight excluding hydrogens is 333 g/mol. The predicted octanol–water partition coefficient (Wildman–Crippen LogP) is 3.96. The molecule has 3 N–H and O–H groups in total. The predicted molar refractivity (Wildman–Crippen MR) is 90.4 cm³/mol. The topological polar surface area (TPSA) is 58.4 Å². The van der Waals surface area contributed by atoms with Crippen LogP contribution in [-0.4, -0.2) is 22.3 Å². The van der Waals surface area contributed by atoms with E-state index in [9.17, 15) is 4.79 Å². The van der Waals surface area contributed by atoms with Gasteiger partial charge in [-0.15, -0.1) is 0 Å². The molecule has 0 spiro atoms. The van der Waals surface area contributed by atoms with Crippen LogP contribution in [0.1, 0.15) is 26.2 Å². The van der Waals surface area contributed by atoms with Crippen molar-refractivity contribution in [2.75, 3.05) is 22.5 Å². The van der Waals surface area contributed by atoms with Crippen molar-refractivity contribution < 1.29 is 4.79 Å². The fraction of sp³-hybridized carbons (Fsp3) is 0.500. The summed E-state index contributed by atoms with van der Waals surface area (Å²) in [6.07, 6.45) is 3.44. The maximum Gasteiger partial charge on any atom is 0.276 e. The number of carbonyl (C=O) groups excluding carboxylic acids is 1. The Bertz CT molecular complexity index is 531. The first-order valence-corrected chi connectivity index (χ1v) is 7.97. The minimum atomic E-state index is -2.00. The third-order valence-corrected chi connectivity index (χ3v) is 4.15. The highest BCUT2D eigenvalue weighted by Crippen LogP contribution is 2.35. The highest BCUT2D eigenvalue weighted by atomic mass is 35.6. The van der Waals surface area contributed by atoms with E-state index in [1.807, 2.05) is 12.1 Å². The maximum atomic E-state index is 11.9. The van der Waals surface area contributed by atoms with Crippen LogP contribution in [0.25, 0.3) is 0 Å². The largest absolute Gasteiger partial charge is 0.399 e. The molecule has 1 unspecified atom stereocenters. The van der Waals surface area contributed by atoms with Gasteiger partial charge >= 0.3 is 0 Å². The van der Waals surface area contributed by atoms with Crippen molar-refractivity contribution in [2.24, 2.45) is 0 Å². The maximum absolute atomic E-state index is 11.9. The summed E-state index contributed by atoms with van der Waals surface area (Å²) in [6.45, 7) is 3.10. The number of nitrogens with two attached hydrogens (primary N) is 1. The number of carbonyl (C=O) groups is 1. The van der Waals surface area contributed by atoms with Gasteiger partial charge in [0.05, 0.1) is 11.4 Å². The fourth-order valence-corrected chi connectivity index (χ4v) is 2.70. The monoisotopic (exact) mass is 349 g/mol. The second kappa shape index (κ2) is 6.51. The van der Waals surface area contributed by atoms with Gasteiger partial charge in [0.2, 0.25) is 0 Å². The van der Waals surface area contributed by atoms with E-state index in [1.165, 1.54) is 6.42 Å². The van der Waals surface area contributed by atoms with E-state index in [1.54, 1.807) is 6.07 Å². The third-order valence-electron chi connectivity index (χ3n) is 3.64. The lowest BCUT2D eigenvalue weighted by Gasteiger charge is -2.36. The zero-order valence-electron chi connectivity index (χ0n) is 11.7. The first kappa shape index (κ1) is 16.5. The molecule has 1 aromatic carbocycles. The standard InChI is InChI=1S/C14H18Cl3N3O/c1-9-4-2-3-7-20(9)12-6-5-10(18)8-11(12)19-13(21)14(15,16)17/h5-6,8-9H,2-4,7,18H2,1H3,(H,19,21). The van der Waals surface area contributed by atoms with Crippen LogP contribution in [-0.2, 0) is 4.79 Å². The summed E-state index contributed by atoms with van der Waals surface area (Å²) in [5.74, 6) is -0.691. The number of hydrogen-bond donors (Lipinski definition) is 2. The summed E-state index contributed by atoms with van der Waals surface area (Å²) in [6, 6.07) is 5.78. The number of benzene rings is 1. The van der Waals surface area contributed by atoms with Gasteiger partial charge in [-0.1, -0.05) is 34.8 Å². The molecule has 0 aliphatic carbocycles. The van der Waals surface area contributed by atoms with E-state index in [0.717, 1.165) is 25.1 Å². The van der Waals surface area contributed by atoms with Gasteiger partial charge in [0, 0.05) is 18.3 Å². The Morgan fingerprint density at radius 2 is 2.10 bits per heavy atom. The lowest BCUT2D eigenvalue weighted by Crippen LogP contribution is -2.38. The summed E-state index contributed by atoms with van der Waals surface area (Å²) in [5.41, 5.74) is 7.82. The van der Waals surface area contributed by atoms with Crippen LogP contribution in [0, 0.1) is 0 Å². The first-order valence-electron chi connectivity index (χ1n) is 6.83. The average Bonchev–Trinajstić information content (AvgIpc) is 2.39. The molecule has 0 saturated carbocycles. The quantitative estimate of drug-likeness (QED) is 0.627. The van der Waals surface area contributed by atoms with E-state index in [4.69, 9.17) is 40.5 Å². The molecule has 116 valence electrons. The van der Waals surface area contributed by atoms with Crippen LogP contribution in [0.15, 0.2) is 18.2 Å². The van der Waals surface area contributed by atoms with Crippen LogP contribution in [0.3, 0.4) is 0 Å². The highest BCUT2D eigenvalue weighted by Gasteiger charge is 2.32.